The predicted octanol–water partition coefficient (Wildman–Crippen LogP) is 3.73. The molecule has 1 N–H and O–H groups in total. The highest BCUT2D eigenvalue weighted by Gasteiger charge is 2.18. The van der Waals surface area contributed by atoms with Crippen LogP contribution in [0.5, 0.6) is 0 Å². The molecule has 1 amide bonds. The minimum Gasteiger partial charge on any atom is -0.444 e. The summed E-state index contributed by atoms with van der Waals surface area (Å²) in [6.07, 6.45) is 1.24. The monoisotopic (exact) mass is 250 g/mol. The molecule has 0 saturated carbocycles. The van der Waals surface area contributed by atoms with Gasteiger partial charge >= 0.3 is 6.09 Å². The van der Waals surface area contributed by atoms with E-state index >= 15 is 0 Å². The lowest BCUT2D eigenvalue weighted by atomic mass is 9.91. The summed E-state index contributed by atoms with van der Waals surface area (Å²) in [6, 6.07) is 3.61. The molecular formula is C14H22N2O2. The van der Waals surface area contributed by atoms with Gasteiger partial charge in [0.2, 0.25) is 0 Å². The number of nitrogens with one attached hydrogen (secondary N) is 1. The van der Waals surface area contributed by atoms with Crippen molar-refractivity contribution in [2.45, 2.75) is 52.6 Å². The Hall–Kier alpha value is -1.58. The lowest BCUT2D eigenvalue weighted by Crippen LogP contribution is -2.27. The number of carbonyl (C=O) groups is 1. The largest absolute Gasteiger partial charge is 0.444 e. The minimum atomic E-state index is -0.496. The van der Waals surface area contributed by atoms with Crippen LogP contribution in [0.3, 0.4) is 0 Å². The number of rotatable bonds is 1. The Morgan fingerprint density at radius 1 is 1.22 bits per heavy atom. The van der Waals surface area contributed by atoms with Gasteiger partial charge in [-0.25, -0.2) is 4.79 Å². The third-order valence-corrected chi connectivity index (χ3v) is 2.17. The minimum absolute atomic E-state index is 0.0500. The molecule has 0 aliphatic carbocycles. The molecule has 0 aromatic carbocycles. The molecule has 0 fully saturated rings. The van der Waals surface area contributed by atoms with Crippen molar-refractivity contribution in [3.8, 4) is 0 Å². The van der Waals surface area contributed by atoms with Crippen molar-refractivity contribution in [3.63, 3.8) is 0 Å². The summed E-state index contributed by atoms with van der Waals surface area (Å²) in [5.74, 6) is 0. The standard InChI is InChI=1S/C14H22N2O2/c1-13(2,3)11-9-10(7-8-15-11)16-12(17)18-14(4,5)6/h7-9H,1-6H3,(H,15,16,17). The van der Waals surface area contributed by atoms with Crippen LogP contribution in [0.1, 0.15) is 47.2 Å². The first kappa shape index (κ1) is 14.5. The van der Waals surface area contributed by atoms with Crippen LogP contribution >= 0.6 is 0 Å². The third-order valence-electron chi connectivity index (χ3n) is 2.17. The second-order valence-electron chi connectivity index (χ2n) is 6.31. The number of amides is 1. The summed E-state index contributed by atoms with van der Waals surface area (Å²) in [6.45, 7) is 11.7. The molecule has 0 radical (unpaired) electrons. The summed E-state index contributed by atoms with van der Waals surface area (Å²) in [5.41, 5.74) is 1.08. The Morgan fingerprint density at radius 2 is 1.83 bits per heavy atom. The molecule has 0 saturated heterocycles. The van der Waals surface area contributed by atoms with Crippen LogP contribution in [0, 0.1) is 0 Å². The van der Waals surface area contributed by atoms with Crippen LogP contribution in [0.15, 0.2) is 18.3 Å². The number of aromatic nitrogens is 1. The summed E-state index contributed by atoms with van der Waals surface area (Å²) < 4.78 is 5.20. The molecule has 0 bridgehead atoms. The first-order valence-electron chi connectivity index (χ1n) is 6.04. The van der Waals surface area contributed by atoms with E-state index in [0.717, 1.165) is 5.69 Å². The molecule has 0 aliphatic rings. The molecule has 1 aromatic heterocycles. The molecule has 0 unspecified atom stereocenters. The van der Waals surface area contributed by atoms with Gasteiger partial charge in [-0.05, 0) is 32.9 Å². The second kappa shape index (κ2) is 4.96. The SMILES string of the molecule is CC(C)(C)OC(=O)Nc1ccnc(C(C)(C)C)c1. The number of hydrogen-bond donors (Lipinski definition) is 1. The zero-order chi connectivity index (χ0) is 14.0. The quantitative estimate of drug-likeness (QED) is 0.826. The molecule has 0 spiro atoms. The van der Waals surface area contributed by atoms with Gasteiger partial charge < -0.3 is 4.74 Å². The normalized spacial score (nSPS) is 12.1. The summed E-state index contributed by atoms with van der Waals surface area (Å²) in [7, 11) is 0. The highest BCUT2D eigenvalue weighted by Crippen LogP contribution is 2.22. The fourth-order valence-electron chi connectivity index (χ4n) is 1.34. The van der Waals surface area contributed by atoms with Gasteiger partial charge in [0, 0.05) is 23.0 Å². The second-order valence-corrected chi connectivity index (χ2v) is 6.31. The fraction of sp³-hybridized carbons (Fsp3) is 0.571. The first-order valence-corrected chi connectivity index (χ1v) is 6.04. The molecule has 0 atom stereocenters. The van der Waals surface area contributed by atoms with Crippen molar-refractivity contribution >= 4 is 11.8 Å². The van der Waals surface area contributed by atoms with Gasteiger partial charge in [-0.15, -0.1) is 0 Å². The number of pyridine rings is 1. The van der Waals surface area contributed by atoms with Crippen LogP contribution in [0.2, 0.25) is 0 Å². The summed E-state index contributed by atoms with van der Waals surface area (Å²) in [4.78, 5) is 15.9. The van der Waals surface area contributed by atoms with E-state index in [9.17, 15) is 4.79 Å². The number of nitrogens with zero attached hydrogens (tertiary/aromatic N) is 1. The maximum atomic E-state index is 11.6. The van der Waals surface area contributed by atoms with E-state index in [-0.39, 0.29) is 5.41 Å². The zero-order valence-electron chi connectivity index (χ0n) is 12.0. The van der Waals surface area contributed by atoms with Gasteiger partial charge in [-0.1, -0.05) is 20.8 Å². The van der Waals surface area contributed by atoms with Crippen LogP contribution in [0.4, 0.5) is 10.5 Å². The number of hydrogen-bond acceptors (Lipinski definition) is 3. The molecule has 18 heavy (non-hydrogen) atoms. The van der Waals surface area contributed by atoms with Gasteiger partial charge in [0.1, 0.15) is 5.60 Å². The fourth-order valence-corrected chi connectivity index (χ4v) is 1.34. The molecule has 1 heterocycles. The number of anilines is 1. The Labute approximate surface area is 109 Å². The van der Waals surface area contributed by atoms with E-state index in [1.807, 2.05) is 26.8 Å². The van der Waals surface area contributed by atoms with E-state index in [1.165, 1.54) is 0 Å². The molecule has 4 nitrogen and oxygen atoms in total. The maximum absolute atomic E-state index is 11.6. The Balaban J connectivity index is 2.77. The first-order chi connectivity index (χ1) is 8.08. The van der Waals surface area contributed by atoms with Crippen LogP contribution in [0.25, 0.3) is 0 Å². The molecule has 0 aliphatic heterocycles. The Morgan fingerprint density at radius 3 is 2.33 bits per heavy atom. The van der Waals surface area contributed by atoms with Crippen molar-refractivity contribution in [2.75, 3.05) is 5.32 Å². The average molecular weight is 250 g/mol. The van der Waals surface area contributed by atoms with Gasteiger partial charge in [0.05, 0.1) is 0 Å². The van der Waals surface area contributed by atoms with Gasteiger partial charge in [-0.2, -0.15) is 0 Å². The predicted molar refractivity (Wildman–Crippen MR) is 72.8 cm³/mol. The summed E-state index contributed by atoms with van der Waals surface area (Å²) >= 11 is 0. The van der Waals surface area contributed by atoms with Crippen LogP contribution < -0.4 is 5.32 Å². The molecule has 1 rings (SSSR count). The number of ether oxygens (including phenoxy) is 1. The molecule has 100 valence electrons. The average Bonchev–Trinajstić information content (AvgIpc) is 2.13. The lowest BCUT2D eigenvalue weighted by molar-refractivity contribution is 0.0636. The topological polar surface area (TPSA) is 51.2 Å². The highest BCUT2D eigenvalue weighted by molar-refractivity contribution is 5.84. The van der Waals surface area contributed by atoms with Gasteiger partial charge in [0.25, 0.3) is 0 Å². The highest BCUT2D eigenvalue weighted by atomic mass is 16.6. The van der Waals surface area contributed by atoms with E-state index in [1.54, 1.807) is 12.3 Å². The molecule has 4 heteroatoms. The van der Waals surface area contributed by atoms with E-state index in [0.29, 0.717) is 5.69 Å². The van der Waals surface area contributed by atoms with Crippen molar-refractivity contribution < 1.29 is 9.53 Å². The molecule has 1 aromatic rings. The number of carbonyl (C=O) groups excluding carboxylic acids is 1. The Kier molecular flexibility index (Phi) is 3.99. The van der Waals surface area contributed by atoms with Crippen molar-refractivity contribution in [1.29, 1.82) is 0 Å². The molecular weight excluding hydrogens is 228 g/mol. The van der Waals surface area contributed by atoms with E-state index in [4.69, 9.17) is 4.74 Å². The zero-order valence-corrected chi connectivity index (χ0v) is 12.0. The smallest absolute Gasteiger partial charge is 0.412 e. The van der Waals surface area contributed by atoms with Gasteiger partial charge in [-0.3, -0.25) is 10.3 Å². The van der Waals surface area contributed by atoms with Crippen molar-refractivity contribution in [2.24, 2.45) is 0 Å². The van der Waals surface area contributed by atoms with Crippen molar-refractivity contribution in [3.05, 3.63) is 24.0 Å². The van der Waals surface area contributed by atoms with Crippen molar-refractivity contribution in [1.82, 2.24) is 4.98 Å². The van der Waals surface area contributed by atoms with Gasteiger partial charge in [0.15, 0.2) is 0 Å². The lowest BCUT2D eigenvalue weighted by Gasteiger charge is -2.21. The van der Waals surface area contributed by atoms with E-state index in [2.05, 4.69) is 31.1 Å². The van der Waals surface area contributed by atoms with Crippen LogP contribution in [-0.4, -0.2) is 16.7 Å². The Bertz CT molecular complexity index is 428. The summed E-state index contributed by atoms with van der Waals surface area (Å²) in [5, 5.41) is 2.71. The maximum Gasteiger partial charge on any atom is 0.412 e. The van der Waals surface area contributed by atoms with E-state index < -0.39 is 11.7 Å². The van der Waals surface area contributed by atoms with Crippen LogP contribution in [-0.2, 0) is 10.2 Å². The third kappa shape index (κ3) is 4.73.